The minimum absolute atomic E-state index is 0.0226. The predicted octanol–water partition coefficient (Wildman–Crippen LogP) is 7.76. The van der Waals surface area contributed by atoms with Gasteiger partial charge in [-0.1, -0.05) is 66.7 Å². The molecule has 2 aromatic rings. The highest BCUT2D eigenvalue weighted by Gasteiger charge is 2.49. The van der Waals surface area contributed by atoms with Crippen molar-refractivity contribution in [2.45, 2.75) is 137 Å². The van der Waals surface area contributed by atoms with Crippen molar-refractivity contribution in [3.8, 4) is 0 Å². The molecular weight excluding hydrogens is 803 g/mol. The van der Waals surface area contributed by atoms with Crippen LogP contribution in [-0.2, 0) is 41.6 Å². The van der Waals surface area contributed by atoms with Crippen LogP contribution in [0.1, 0.15) is 101 Å². The molecule has 2 atom stereocenters. The van der Waals surface area contributed by atoms with E-state index in [2.05, 4.69) is 15.6 Å². The molecule has 1 heterocycles. The van der Waals surface area contributed by atoms with Crippen LogP contribution in [-0.4, -0.2) is 99.9 Å². The molecule has 0 aliphatic carbocycles. The minimum Gasteiger partial charge on any atom is -0.447 e. The SMILES string of the molecule is CC(C)(C)OC(=O)/N=C1\N(C(=O)OC(C)(C)C)/C(=C\CCOCc2ccccc2)[C@H]([C@H](COC(N)=O)N=C(NC(=O)OC(C)(C)C)NC(=O)OC(C)(C)C)N1Cc1ccccc1. The molecule has 3 rings (SSSR count). The lowest BCUT2D eigenvalue weighted by molar-refractivity contribution is 0.0409. The highest BCUT2D eigenvalue weighted by Crippen LogP contribution is 2.35. The van der Waals surface area contributed by atoms with E-state index in [-0.39, 0.29) is 31.2 Å². The molecule has 1 aliphatic rings. The number of primary amides is 1. The summed E-state index contributed by atoms with van der Waals surface area (Å²) in [6.07, 6.45) is -3.24. The molecule has 0 unspecified atom stereocenters. The molecule has 0 saturated carbocycles. The van der Waals surface area contributed by atoms with Gasteiger partial charge in [-0.15, -0.1) is 4.99 Å². The molecular formula is C44H63N7O11. The van der Waals surface area contributed by atoms with Crippen molar-refractivity contribution in [2.24, 2.45) is 15.7 Å². The zero-order valence-electron chi connectivity index (χ0n) is 37.9. The topological polar surface area (TPSA) is 222 Å². The number of nitrogens with one attached hydrogen (secondary N) is 2. The number of carbonyl (C=O) groups is 5. The van der Waals surface area contributed by atoms with E-state index in [9.17, 15) is 24.0 Å². The van der Waals surface area contributed by atoms with Gasteiger partial charge < -0.3 is 39.1 Å². The normalized spacial score (nSPS) is 16.3. The zero-order chi connectivity index (χ0) is 46.5. The van der Waals surface area contributed by atoms with Crippen molar-refractivity contribution >= 4 is 42.4 Å². The van der Waals surface area contributed by atoms with Gasteiger partial charge in [0, 0.05) is 6.54 Å². The number of nitrogens with zero attached hydrogens (tertiary/aromatic N) is 4. The smallest absolute Gasteiger partial charge is 0.437 e. The number of nitrogens with two attached hydrogens (primary N) is 1. The second-order valence-corrected chi connectivity index (χ2v) is 18.2. The maximum absolute atomic E-state index is 14.5. The first-order valence-corrected chi connectivity index (χ1v) is 20.2. The lowest BCUT2D eigenvalue weighted by Gasteiger charge is -2.30. The minimum atomic E-state index is -1.35. The van der Waals surface area contributed by atoms with Gasteiger partial charge >= 0.3 is 30.5 Å². The summed E-state index contributed by atoms with van der Waals surface area (Å²) in [6.45, 7) is 19.7. The highest BCUT2D eigenvalue weighted by molar-refractivity contribution is 6.04. The number of aliphatic imine (C=N–C) groups is 2. The average molecular weight is 866 g/mol. The van der Waals surface area contributed by atoms with Crippen molar-refractivity contribution in [3.05, 3.63) is 83.6 Å². The Bertz CT molecular complexity index is 1910. The fourth-order valence-electron chi connectivity index (χ4n) is 5.68. The molecule has 340 valence electrons. The number of amides is 5. The van der Waals surface area contributed by atoms with Crippen LogP contribution in [0.25, 0.3) is 0 Å². The number of benzene rings is 2. The number of rotatable bonds is 11. The van der Waals surface area contributed by atoms with E-state index in [1.54, 1.807) is 106 Å². The number of alkyl carbamates (subject to hydrolysis) is 2. The summed E-state index contributed by atoms with van der Waals surface area (Å²) in [5.74, 6) is -0.696. The molecule has 5 amide bonds. The van der Waals surface area contributed by atoms with Crippen LogP contribution >= 0.6 is 0 Å². The van der Waals surface area contributed by atoms with E-state index in [0.717, 1.165) is 10.5 Å². The van der Waals surface area contributed by atoms with Gasteiger partial charge in [-0.2, -0.15) is 0 Å². The Kier molecular flexibility index (Phi) is 17.5. The van der Waals surface area contributed by atoms with Gasteiger partial charge in [-0.05, 0) is 101 Å². The Balaban J connectivity index is 2.40. The summed E-state index contributed by atoms with van der Waals surface area (Å²) in [5, 5.41) is 4.92. The summed E-state index contributed by atoms with van der Waals surface area (Å²) in [5.41, 5.74) is 3.38. The summed E-state index contributed by atoms with van der Waals surface area (Å²) >= 11 is 0. The van der Waals surface area contributed by atoms with Crippen molar-refractivity contribution in [2.75, 3.05) is 13.2 Å². The lowest BCUT2D eigenvalue weighted by Crippen LogP contribution is -2.50. The quantitative estimate of drug-likeness (QED) is 0.0854. The van der Waals surface area contributed by atoms with Crippen LogP contribution in [0, 0.1) is 0 Å². The third kappa shape index (κ3) is 18.2. The Labute approximate surface area is 364 Å². The Hall–Kier alpha value is -6.17. The maximum atomic E-state index is 14.5. The van der Waals surface area contributed by atoms with E-state index >= 15 is 0 Å². The molecule has 1 saturated heterocycles. The molecule has 1 aliphatic heterocycles. The predicted molar refractivity (Wildman–Crippen MR) is 232 cm³/mol. The van der Waals surface area contributed by atoms with Crippen molar-refractivity contribution < 1.29 is 52.4 Å². The van der Waals surface area contributed by atoms with Gasteiger partial charge in [0.25, 0.3) is 0 Å². The molecule has 0 aromatic heterocycles. The van der Waals surface area contributed by atoms with Gasteiger partial charge in [-0.25, -0.2) is 33.9 Å². The summed E-state index contributed by atoms with van der Waals surface area (Å²) in [7, 11) is 0. The monoisotopic (exact) mass is 865 g/mol. The first-order chi connectivity index (χ1) is 28.7. The second kappa shape index (κ2) is 21.6. The Morgan fingerprint density at radius 2 is 1.23 bits per heavy atom. The Morgan fingerprint density at radius 3 is 1.71 bits per heavy atom. The molecule has 18 heteroatoms. The molecule has 2 aromatic carbocycles. The molecule has 0 bridgehead atoms. The molecule has 4 N–H and O–H groups in total. The fourth-order valence-corrected chi connectivity index (χ4v) is 5.68. The van der Waals surface area contributed by atoms with Crippen molar-refractivity contribution in [1.29, 1.82) is 0 Å². The summed E-state index contributed by atoms with van der Waals surface area (Å²) in [4.78, 5) is 78.8. The van der Waals surface area contributed by atoms with Gasteiger partial charge in [0.1, 0.15) is 35.1 Å². The molecule has 62 heavy (non-hydrogen) atoms. The van der Waals surface area contributed by atoms with Crippen molar-refractivity contribution in [1.82, 2.24) is 20.4 Å². The van der Waals surface area contributed by atoms with Gasteiger partial charge in [0.2, 0.25) is 11.9 Å². The van der Waals surface area contributed by atoms with Crippen LogP contribution in [0.4, 0.5) is 24.0 Å². The third-order valence-electron chi connectivity index (χ3n) is 7.73. The van der Waals surface area contributed by atoms with Crippen LogP contribution in [0.3, 0.4) is 0 Å². The first kappa shape index (κ1) is 50.2. The maximum Gasteiger partial charge on any atom is 0.437 e. The summed E-state index contributed by atoms with van der Waals surface area (Å²) in [6, 6.07) is 16.1. The number of carbonyl (C=O) groups excluding carboxylic acids is 5. The largest absolute Gasteiger partial charge is 0.447 e. The molecule has 1 fully saturated rings. The fraction of sp³-hybridized carbons (Fsp3) is 0.523. The third-order valence-corrected chi connectivity index (χ3v) is 7.73. The Morgan fingerprint density at radius 1 is 0.726 bits per heavy atom. The molecule has 0 radical (unpaired) electrons. The van der Waals surface area contributed by atoms with E-state index < -0.39 is 77.5 Å². The zero-order valence-corrected chi connectivity index (χ0v) is 37.9. The van der Waals surface area contributed by atoms with Crippen LogP contribution in [0.15, 0.2) is 82.4 Å². The van der Waals surface area contributed by atoms with Crippen LogP contribution < -0.4 is 16.4 Å². The van der Waals surface area contributed by atoms with Gasteiger partial charge in [-0.3, -0.25) is 10.6 Å². The molecule has 0 spiro atoms. The highest BCUT2D eigenvalue weighted by atomic mass is 16.6. The van der Waals surface area contributed by atoms with Crippen molar-refractivity contribution in [3.63, 3.8) is 0 Å². The van der Waals surface area contributed by atoms with Gasteiger partial charge in [0.15, 0.2) is 0 Å². The number of guanidine groups is 2. The van der Waals surface area contributed by atoms with Crippen LogP contribution in [0.2, 0.25) is 0 Å². The van der Waals surface area contributed by atoms with E-state index in [0.29, 0.717) is 12.2 Å². The number of hydrogen-bond acceptors (Lipinski definition) is 12. The van der Waals surface area contributed by atoms with E-state index in [4.69, 9.17) is 39.1 Å². The van der Waals surface area contributed by atoms with Gasteiger partial charge in [0.05, 0.1) is 25.0 Å². The standard InChI is InChI=1S/C44H63N7O11/c1-41(2,3)59-37(53)47-35(48-38(54)60-42(4,5)6)46-31(28-58-34(45)52)33-32(24-19-25-57-27-30-22-17-14-18-23-30)51(40(56)62-44(10,11)12)36(49-39(55)61-43(7,8)9)50(33)26-29-20-15-13-16-21-29/h13-18,20-24,31,33H,19,25-28H2,1-12H3,(H2,45,52)(H2,46,47,48,53,54)/b32-24-,49-36-/t31-,33-/m0/s1. The van der Waals surface area contributed by atoms with Crippen LogP contribution in [0.5, 0.6) is 0 Å². The average Bonchev–Trinajstić information content (AvgIpc) is 3.39. The van der Waals surface area contributed by atoms with E-state index in [1.807, 2.05) is 48.5 Å². The summed E-state index contributed by atoms with van der Waals surface area (Å²) < 4.78 is 33.9. The number of ether oxygens (including phenoxy) is 6. The van der Waals surface area contributed by atoms with E-state index in [1.165, 1.54) is 0 Å². The first-order valence-electron chi connectivity index (χ1n) is 20.2. The second-order valence-electron chi connectivity index (χ2n) is 18.2. The molecule has 18 nitrogen and oxygen atoms in total. The number of hydrogen-bond donors (Lipinski definition) is 3. The lowest BCUT2D eigenvalue weighted by atomic mass is 10.0.